The second kappa shape index (κ2) is 5.71. The van der Waals surface area contributed by atoms with Gasteiger partial charge in [0, 0.05) is 5.69 Å². The molecular weight excluding hydrogens is 321 g/mol. The summed E-state index contributed by atoms with van der Waals surface area (Å²) in [6.45, 7) is 0. The highest BCUT2D eigenvalue weighted by molar-refractivity contribution is 7.92. The van der Waals surface area contributed by atoms with Crippen molar-refractivity contribution in [1.29, 1.82) is 0 Å². The third-order valence-corrected chi connectivity index (χ3v) is 4.41. The van der Waals surface area contributed by atoms with Crippen molar-refractivity contribution < 1.29 is 22.7 Å². The van der Waals surface area contributed by atoms with E-state index in [4.69, 9.17) is 16.7 Å². The zero-order valence-corrected chi connectivity index (χ0v) is 12.0. The standard InChI is InChI=1S/C13H9ClFNO4S/c14-11-7-9(15)4-5-12(11)21(19,20)16-10-3-1-2-8(6-10)13(17)18/h1-7,16H,(H,17,18). The predicted molar refractivity (Wildman–Crippen MR) is 75.6 cm³/mol. The number of hydrogen-bond acceptors (Lipinski definition) is 3. The number of anilines is 1. The Hall–Kier alpha value is -2.12. The molecule has 21 heavy (non-hydrogen) atoms. The first-order chi connectivity index (χ1) is 9.79. The number of benzene rings is 2. The maximum atomic E-state index is 12.9. The SMILES string of the molecule is O=C(O)c1cccc(NS(=O)(=O)c2ccc(F)cc2Cl)c1. The first-order valence-corrected chi connectivity index (χ1v) is 7.47. The van der Waals surface area contributed by atoms with E-state index in [0.717, 1.165) is 24.3 Å². The van der Waals surface area contributed by atoms with Gasteiger partial charge in [-0.1, -0.05) is 17.7 Å². The number of hydrogen-bond donors (Lipinski definition) is 2. The van der Waals surface area contributed by atoms with Crippen LogP contribution in [0.4, 0.5) is 10.1 Å². The molecule has 0 radical (unpaired) electrons. The molecule has 0 heterocycles. The lowest BCUT2D eigenvalue weighted by Crippen LogP contribution is -2.14. The molecule has 0 saturated carbocycles. The van der Waals surface area contributed by atoms with Crippen LogP contribution in [0, 0.1) is 5.82 Å². The van der Waals surface area contributed by atoms with Gasteiger partial charge in [-0.15, -0.1) is 0 Å². The summed E-state index contributed by atoms with van der Waals surface area (Å²) in [5, 5.41) is 8.59. The summed E-state index contributed by atoms with van der Waals surface area (Å²) in [6.07, 6.45) is 0. The molecule has 0 aliphatic carbocycles. The Labute approximate surface area is 125 Å². The van der Waals surface area contributed by atoms with Crippen LogP contribution in [0.1, 0.15) is 10.4 Å². The van der Waals surface area contributed by atoms with Gasteiger partial charge in [-0.3, -0.25) is 4.72 Å². The fourth-order valence-electron chi connectivity index (χ4n) is 1.62. The zero-order chi connectivity index (χ0) is 15.6. The third kappa shape index (κ3) is 3.50. The van der Waals surface area contributed by atoms with E-state index in [1.165, 1.54) is 18.2 Å². The molecule has 0 aromatic heterocycles. The largest absolute Gasteiger partial charge is 0.478 e. The molecule has 0 spiro atoms. The van der Waals surface area contributed by atoms with Gasteiger partial charge in [0.1, 0.15) is 10.7 Å². The van der Waals surface area contributed by atoms with Crippen molar-refractivity contribution in [2.45, 2.75) is 4.90 Å². The molecule has 0 amide bonds. The molecule has 8 heteroatoms. The average molecular weight is 330 g/mol. The summed E-state index contributed by atoms with van der Waals surface area (Å²) in [5.74, 6) is -1.84. The van der Waals surface area contributed by atoms with Crippen molar-refractivity contribution in [2.75, 3.05) is 4.72 Å². The van der Waals surface area contributed by atoms with Crippen LogP contribution in [0.5, 0.6) is 0 Å². The minimum Gasteiger partial charge on any atom is -0.478 e. The smallest absolute Gasteiger partial charge is 0.335 e. The van der Waals surface area contributed by atoms with E-state index in [0.29, 0.717) is 0 Å². The lowest BCUT2D eigenvalue weighted by Gasteiger charge is -2.10. The molecule has 0 aliphatic heterocycles. The normalized spacial score (nSPS) is 11.1. The van der Waals surface area contributed by atoms with Crippen molar-refractivity contribution in [3.8, 4) is 0 Å². The molecule has 0 fully saturated rings. The molecule has 2 aromatic carbocycles. The maximum Gasteiger partial charge on any atom is 0.335 e. The van der Waals surface area contributed by atoms with Gasteiger partial charge in [-0.25, -0.2) is 17.6 Å². The summed E-state index contributed by atoms with van der Waals surface area (Å²) >= 11 is 5.71. The molecule has 0 aliphatic rings. The second-order valence-corrected chi connectivity index (χ2v) is 6.12. The van der Waals surface area contributed by atoms with E-state index in [1.807, 2.05) is 0 Å². The van der Waals surface area contributed by atoms with Crippen LogP contribution in [0.25, 0.3) is 0 Å². The third-order valence-electron chi connectivity index (χ3n) is 2.55. The van der Waals surface area contributed by atoms with Crippen LogP contribution in [0.15, 0.2) is 47.4 Å². The van der Waals surface area contributed by atoms with E-state index in [-0.39, 0.29) is 21.2 Å². The van der Waals surface area contributed by atoms with Crippen LogP contribution in [-0.4, -0.2) is 19.5 Å². The van der Waals surface area contributed by atoms with Crippen LogP contribution in [0.3, 0.4) is 0 Å². The Morgan fingerprint density at radius 3 is 2.52 bits per heavy atom. The number of sulfonamides is 1. The van der Waals surface area contributed by atoms with Gasteiger partial charge >= 0.3 is 5.97 Å². The molecule has 5 nitrogen and oxygen atoms in total. The molecule has 0 saturated heterocycles. The van der Waals surface area contributed by atoms with Crippen LogP contribution < -0.4 is 4.72 Å². The number of rotatable bonds is 4. The first-order valence-electron chi connectivity index (χ1n) is 5.61. The molecule has 0 unspecified atom stereocenters. The Morgan fingerprint density at radius 2 is 1.90 bits per heavy atom. The quantitative estimate of drug-likeness (QED) is 0.903. The van der Waals surface area contributed by atoms with Crippen molar-refractivity contribution in [3.05, 3.63) is 58.9 Å². The lowest BCUT2D eigenvalue weighted by atomic mass is 10.2. The molecule has 2 aromatic rings. The van der Waals surface area contributed by atoms with Crippen LogP contribution >= 0.6 is 11.6 Å². The first kappa shape index (κ1) is 15.3. The van der Waals surface area contributed by atoms with Crippen molar-refractivity contribution >= 4 is 33.3 Å². The minimum absolute atomic E-state index is 0.0651. The highest BCUT2D eigenvalue weighted by atomic mass is 35.5. The zero-order valence-electron chi connectivity index (χ0n) is 10.4. The van der Waals surface area contributed by atoms with Gasteiger partial charge in [0.15, 0.2) is 0 Å². The Morgan fingerprint density at radius 1 is 1.19 bits per heavy atom. The van der Waals surface area contributed by atoms with Gasteiger partial charge in [0.25, 0.3) is 10.0 Å². The number of carbonyl (C=O) groups is 1. The fourth-order valence-corrected chi connectivity index (χ4v) is 3.20. The minimum atomic E-state index is -4.04. The summed E-state index contributed by atoms with van der Waals surface area (Å²) in [4.78, 5) is 10.5. The Balaban J connectivity index is 2.37. The summed E-state index contributed by atoms with van der Waals surface area (Å²) in [5.41, 5.74) is -0.00399. The average Bonchev–Trinajstić information content (AvgIpc) is 2.37. The number of carboxylic acid groups (broad SMARTS) is 1. The van der Waals surface area contributed by atoms with E-state index in [9.17, 15) is 17.6 Å². The molecular formula is C13H9ClFNO4S. The molecule has 0 bridgehead atoms. The molecule has 2 N–H and O–H groups in total. The van der Waals surface area contributed by atoms with Crippen molar-refractivity contribution in [1.82, 2.24) is 0 Å². The Kier molecular flexibility index (Phi) is 4.15. The summed E-state index contributed by atoms with van der Waals surface area (Å²) in [7, 11) is -4.04. The maximum absolute atomic E-state index is 12.9. The highest BCUT2D eigenvalue weighted by Gasteiger charge is 2.19. The van der Waals surface area contributed by atoms with Crippen LogP contribution in [0.2, 0.25) is 5.02 Å². The molecule has 2 rings (SSSR count). The van der Waals surface area contributed by atoms with E-state index >= 15 is 0 Å². The van der Waals surface area contributed by atoms with Gasteiger partial charge in [-0.2, -0.15) is 0 Å². The van der Waals surface area contributed by atoms with E-state index in [2.05, 4.69) is 4.72 Å². The topological polar surface area (TPSA) is 83.5 Å². The number of carboxylic acids is 1. The van der Waals surface area contributed by atoms with Gasteiger partial charge in [0.2, 0.25) is 0 Å². The predicted octanol–water partition coefficient (Wildman–Crippen LogP) is 2.98. The van der Waals surface area contributed by atoms with E-state index in [1.54, 1.807) is 0 Å². The van der Waals surface area contributed by atoms with Crippen LogP contribution in [-0.2, 0) is 10.0 Å². The van der Waals surface area contributed by atoms with E-state index < -0.39 is 21.8 Å². The van der Waals surface area contributed by atoms with Crippen molar-refractivity contribution in [2.24, 2.45) is 0 Å². The van der Waals surface area contributed by atoms with Gasteiger partial charge < -0.3 is 5.11 Å². The summed E-state index contributed by atoms with van der Waals surface area (Å²) in [6, 6.07) is 8.15. The monoisotopic (exact) mass is 329 g/mol. The summed E-state index contributed by atoms with van der Waals surface area (Å²) < 4.78 is 39.4. The van der Waals surface area contributed by atoms with Crippen molar-refractivity contribution in [3.63, 3.8) is 0 Å². The number of nitrogens with one attached hydrogen (secondary N) is 1. The van der Waals surface area contributed by atoms with Gasteiger partial charge in [0.05, 0.1) is 10.6 Å². The fraction of sp³-hybridized carbons (Fsp3) is 0. The molecule has 0 atom stereocenters. The second-order valence-electron chi connectivity index (χ2n) is 4.07. The molecule has 110 valence electrons. The Bertz CT molecular complexity index is 808. The highest BCUT2D eigenvalue weighted by Crippen LogP contribution is 2.24. The lowest BCUT2D eigenvalue weighted by molar-refractivity contribution is 0.0697. The number of aromatic carboxylic acids is 1. The van der Waals surface area contributed by atoms with Gasteiger partial charge in [-0.05, 0) is 36.4 Å². The number of halogens is 2.